The van der Waals surface area contributed by atoms with Gasteiger partial charge in [0, 0.05) is 11.3 Å². The lowest BCUT2D eigenvalue weighted by Crippen LogP contribution is -2.22. The fourth-order valence-corrected chi connectivity index (χ4v) is 2.36. The molecule has 0 atom stereocenters. The number of aromatic nitrogens is 1. The predicted octanol–water partition coefficient (Wildman–Crippen LogP) is 3.53. The molecule has 3 rings (SSSR count). The van der Waals surface area contributed by atoms with Gasteiger partial charge in [0.25, 0.3) is 0 Å². The van der Waals surface area contributed by atoms with Crippen LogP contribution < -0.4 is 0 Å². The molecule has 0 unspecified atom stereocenters. The molecular formula is C15H15NO. The molecule has 2 aromatic rings. The highest BCUT2D eigenvalue weighted by atomic mass is 16.1. The van der Waals surface area contributed by atoms with Gasteiger partial charge in [0.15, 0.2) is 5.78 Å². The smallest absolute Gasteiger partial charge is 0.184 e. The van der Waals surface area contributed by atoms with Crippen LogP contribution >= 0.6 is 0 Å². The Kier molecular flexibility index (Phi) is 2.43. The minimum absolute atomic E-state index is 0.225. The van der Waals surface area contributed by atoms with Crippen molar-refractivity contribution in [1.82, 2.24) is 4.98 Å². The molecule has 0 saturated heterocycles. The number of carbonyl (C=O) groups excluding carboxylic acids is 1. The highest BCUT2D eigenvalue weighted by Gasteiger charge is 2.27. The number of pyridine rings is 1. The third kappa shape index (κ3) is 1.74. The Hall–Kier alpha value is -1.70. The van der Waals surface area contributed by atoms with Crippen LogP contribution in [-0.4, -0.2) is 10.8 Å². The Bertz CT molecular complexity index is 584. The van der Waals surface area contributed by atoms with Crippen LogP contribution in [0, 0.1) is 12.8 Å². The second-order valence-corrected chi connectivity index (χ2v) is 4.83. The first-order valence-corrected chi connectivity index (χ1v) is 6.16. The van der Waals surface area contributed by atoms with Crippen molar-refractivity contribution >= 4 is 16.7 Å². The number of benzene rings is 1. The summed E-state index contributed by atoms with van der Waals surface area (Å²) in [4.78, 5) is 16.6. The summed E-state index contributed by atoms with van der Waals surface area (Å²) in [5.74, 6) is 0.452. The number of hydrogen-bond donors (Lipinski definition) is 0. The molecule has 2 heteroatoms. The van der Waals surface area contributed by atoms with Crippen LogP contribution in [0.25, 0.3) is 10.9 Å². The van der Waals surface area contributed by atoms with Gasteiger partial charge < -0.3 is 0 Å². The Morgan fingerprint density at radius 2 is 2.06 bits per heavy atom. The second kappa shape index (κ2) is 3.95. The topological polar surface area (TPSA) is 30.0 Å². The van der Waals surface area contributed by atoms with Crippen molar-refractivity contribution < 1.29 is 4.79 Å². The molecule has 0 bridgehead atoms. The van der Waals surface area contributed by atoms with Gasteiger partial charge in [0.2, 0.25) is 0 Å². The second-order valence-electron chi connectivity index (χ2n) is 4.83. The first kappa shape index (κ1) is 10.5. The third-order valence-corrected chi connectivity index (χ3v) is 3.65. The minimum Gasteiger partial charge on any atom is -0.292 e. The average Bonchev–Trinajstić information content (AvgIpc) is 2.26. The predicted molar refractivity (Wildman–Crippen MR) is 68.2 cm³/mol. The minimum atomic E-state index is 0.225. The van der Waals surface area contributed by atoms with E-state index in [9.17, 15) is 4.79 Å². The van der Waals surface area contributed by atoms with E-state index in [-0.39, 0.29) is 11.7 Å². The van der Waals surface area contributed by atoms with Gasteiger partial charge in [-0.3, -0.25) is 4.79 Å². The zero-order valence-electron chi connectivity index (χ0n) is 9.94. The summed E-state index contributed by atoms with van der Waals surface area (Å²) in [6, 6.07) is 9.93. The van der Waals surface area contributed by atoms with E-state index in [1.54, 1.807) is 0 Å². The number of ketones is 1. The van der Waals surface area contributed by atoms with Gasteiger partial charge in [-0.15, -0.1) is 0 Å². The number of hydrogen-bond acceptors (Lipinski definition) is 2. The molecule has 2 nitrogen and oxygen atoms in total. The molecule has 86 valence electrons. The maximum absolute atomic E-state index is 12.2. The van der Waals surface area contributed by atoms with Crippen molar-refractivity contribution in [3.8, 4) is 0 Å². The highest BCUT2D eigenvalue weighted by Crippen LogP contribution is 2.30. The zero-order chi connectivity index (χ0) is 11.8. The quantitative estimate of drug-likeness (QED) is 0.732. The average molecular weight is 225 g/mol. The van der Waals surface area contributed by atoms with Crippen molar-refractivity contribution in [3.05, 3.63) is 41.6 Å². The van der Waals surface area contributed by atoms with Gasteiger partial charge in [-0.1, -0.05) is 24.6 Å². The lowest BCUT2D eigenvalue weighted by molar-refractivity contribution is 0.0850. The van der Waals surface area contributed by atoms with E-state index >= 15 is 0 Å². The van der Waals surface area contributed by atoms with E-state index in [4.69, 9.17) is 0 Å². The molecule has 0 radical (unpaired) electrons. The summed E-state index contributed by atoms with van der Waals surface area (Å²) in [7, 11) is 0. The third-order valence-electron chi connectivity index (χ3n) is 3.65. The van der Waals surface area contributed by atoms with E-state index in [1.807, 2.05) is 31.2 Å². The summed E-state index contributed by atoms with van der Waals surface area (Å²) >= 11 is 0. The van der Waals surface area contributed by atoms with Crippen LogP contribution in [0.1, 0.15) is 35.3 Å². The Labute approximate surface area is 101 Å². The highest BCUT2D eigenvalue weighted by molar-refractivity contribution is 5.99. The SMILES string of the molecule is Cc1cc(C(=O)C2CCC2)nc2ccccc12. The van der Waals surface area contributed by atoms with E-state index < -0.39 is 0 Å². The van der Waals surface area contributed by atoms with E-state index in [2.05, 4.69) is 11.1 Å². The van der Waals surface area contributed by atoms with Gasteiger partial charge in [0.1, 0.15) is 5.69 Å². The maximum Gasteiger partial charge on any atom is 0.184 e. The lowest BCUT2D eigenvalue weighted by atomic mass is 9.81. The molecule has 1 fully saturated rings. The molecule has 0 spiro atoms. The summed E-state index contributed by atoms with van der Waals surface area (Å²) < 4.78 is 0. The summed E-state index contributed by atoms with van der Waals surface area (Å²) in [6.07, 6.45) is 3.25. The van der Waals surface area contributed by atoms with Crippen molar-refractivity contribution in [2.24, 2.45) is 5.92 Å². The summed E-state index contributed by atoms with van der Waals surface area (Å²) in [5.41, 5.74) is 2.71. The van der Waals surface area contributed by atoms with E-state index in [1.165, 1.54) is 6.42 Å². The fraction of sp³-hybridized carbons (Fsp3) is 0.333. The first-order chi connectivity index (χ1) is 8.25. The van der Waals surface area contributed by atoms with Gasteiger partial charge in [-0.25, -0.2) is 4.98 Å². The zero-order valence-corrected chi connectivity index (χ0v) is 9.94. The molecule has 0 N–H and O–H groups in total. The number of nitrogens with zero attached hydrogens (tertiary/aromatic N) is 1. The molecule has 1 aliphatic carbocycles. The van der Waals surface area contributed by atoms with Crippen molar-refractivity contribution in [2.45, 2.75) is 26.2 Å². The fourth-order valence-electron chi connectivity index (χ4n) is 2.36. The van der Waals surface area contributed by atoms with E-state index in [0.717, 1.165) is 29.3 Å². The number of fused-ring (bicyclic) bond motifs is 1. The number of carbonyl (C=O) groups is 1. The van der Waals surface area contributed by atoms with Gasteiger partial charge >= 0.3 is 0 Å². The van der Waals surface area contributed by atoms with Gasteiger partial charge in [0.05, 0.1) is 5.52 Å². The largest absolute Gasteiger partial charge is 0.292 e. The van der Waals surface area contributed by atoms with Crippen LogP contribution in [0.3, 0.4) is 0 Å². The van der Waals surface area contributed by atoms with Crippen LogP contribution in [0.5, 0.6) is 0 Å². The van der Waals surface area contributed by atoms with Gasteiger partial charge in [-0.05, 0) is 37.5 Å². The Balaban J connectivity index is 2.08. The molecule has 1 aromatic heterocycles. The maximum atomic E-state index is 12.2. The van der Waals surface area contributed by atoms with Crippen molar-refractivity contribution in [1.29, 1.82) is 0 Å². The molecule has 0 aliphatic heterocycles. The molecular weight excluding hydrogens is 210 g/mol. The summed E-state index contributed by atoms with van der Waals surface area (Å²) in [6.45, 7) is 2.04. The molecule has 1 heterocycles. The van der Waals surface area contributed by atoms with Gasteiger partial charge in [-0.2, -0.15) is 0 Å². The Morgan fingerprint density at radius 1 is 1.29 bits per heavy atom. The Morgan fingerprint density at radius 3 is 2.76 bits per heavy atom. The first-order valence-electron chi connectivity index (χ1n) is 6.16. The standard InChI is InChI=1S/C15H15NO/c1-10-9-14(15(17)11-5-4-6-11)16-13-8-3-2-7-12(10)13/h2-3,7-9,11H,4-6H2,1H3. The van der Waals surface area contributed by atoms with Crippen LogP contribution in [-0.2, 0) is 0 Å². The normalized spacial score (nSPS) is 15.8. The molecule has 17 heavy (non-hydrogen) atoms. The van der Waals surface area contributed by atoms with E-state index in [0.29, 0.717) is 5.69 Å². The number of Topliss-reactive ketones (excluding diaryl/α,β-unsaturated/α-hetero) is 1. The number of aryl methyl sites for hydroxylation is 1. The lowest BCUT2D eigenvalue weighted by Gasteiger charge is -2.23. The van der Waals surface area contributed by atoms with Crippen LogP contribution in [0.2, 0.25) is 0 Å². The molecule has 1 saturated carbocycles. The molecule has 1 aromatic carbocycles. The molecule has 0 amide bonds. The summed E-state index contributed by atoms with van der Waals surface area (Å²) in [5, 5.41) is 1.14. The van der Waals surface area contributed by atoms with Crippen LogP contribution in [0.4, 0.5) is 0 Å². The number of para-hydroxylation sites is 1. The monoisotopic (exact) mass is 225 g/mol. The molecule has 1 aliphatic rings. The number of rotatable bonds is 2. The van der Waals surface area contributed by atoms with Crippen molar-refractivity contribution in [2.75, 3.05) is 0 Å². The van der Waals surface area contributed by atoms with Crippen LogP contribution in [0.15, 0.2) is 30.3 Å². The van der Waals surface area contributed by atoms with Crippen molar-refractivity contribution in [3.63, 3.8) is 0 Å².